The molecule has 0 aromatic rings. The van der Waals surface area contributed by atoms with Gasteiger partial charge in [0.05, 0.1) is 0 Å². The molecule has 0 radical (unpaired) electrons. The fraction of sp³-hybridized carbons (Fsp3) is 1.00. The van der Waals surface area contributed by atoms with E-state index in [0.29, 0.717) is 0 Å². The van der Waals surface area contributed by atoms with Crippen LogP contribution in [-0.4, -0.2) is 0 Å². The van der Waals surface area contributed by atoms with Crippen molar-refractivity contribution in [1.29, 1.82) is 0 Å². The minimum atomic E-state index is 0.800. The Labute approximate surface area is 101 Å². The Balaban J connectivity index is 1.65. The van der Waals surface area contributed by atoms with Gasteiger partial charge in [0.2, 0.25) is 0 Å². The Hall–Kier alpha value is 0. The summed E-state index contributed by atoms with van der Waals surface area (Å²) < 4.78 is 0. The maximum Gasteiger partial charge on any atom is -0.0238 e. The van der Waals surface area contributed by atoms with Gasteiger partial charge < -0.3 is 0 Å². The molecule has 3 rings (SSSR count). The second-order valence-corrected chi connectivity index (χ2v) is 7.46. The van der Waals surface area contributed by atoms with E-state index in [4.69, 9.17) is 0 Å². The zero-order chi connectivity index (χ0) is 11.7. The molecule has 0 aliphatic heterocycles. The first kappa shape index (κ1) is 11.1. The molecule has 7 atom stereocenters. The molecule has 0 nitrogen and oxygen atoms in total. The molecule has 0 N–H and O–H groups in total. The van der Waals surface area contributed by atoms with Gasteiger partial charge in [0.1, 0.15) is 0 Å². The maximum absolute atomic E-state index is 2.54. The highest BCUT2D eigenvalue weighted by molar-refractivity contribution is 5.18. The molecule has 3 aliphatic rings. The third-order valence-corrected chi connectivity index (χ3v) is 6.52. The zero-order valence-corrected chi connectivity index (χ0v) is 11.7. The Morgan fingerprint density at radius 3 is 2.25 bits per heavy atom. The summed E-state index contributed by atoms with van der Waals surface area (Å²) in [6, 6.07) is 0. The van der Waals surface area contributed by atoms with E-state index in [-0.39, 0.29) is 0 Å². The minimum absolute atomic E-state index is 0.800. The summed E-state index contributed by atoms with van der Waals surface area (Å²) in [6.45, 7) is 12.3. The van der Waals surface area contributed by atoms with Crippen molar-refractivity contribution in [2.45, 2.75) is 53.9 Å². The lowest BCUT2D eigenvalue weighted by Crippen LogP contribution is -2.08. The van der Waals surface area contributed by atoms with Crippen molar-refractivity contribution in [2.24, 2.45) is 46.8 Å². The van der Waals surface area contributed by atoms with Gasteiger partial charge >= 0.3 is 0 Å². The van der Waals surface area contributed by atoms with E-state index in [2.05, 4.69) is 34.6 Å². The lowest BCUT2D eigenvalue weighted by atomic mass is 9.91. The van der Waals surface area contributed by atoms with Gasteiger partial charge in [0.15, 0.2) is 0 Å². The normalized spacial score (nSPS) is 58.9. The van der Waals surface area contributed by atoms with E-state index < -0.39 is 0 Å². The van der Waals surface area contributed by atoms with Gasteiger partial charge in [-0.25, -0.2) is 0 Å². The van der Waals surface area contributed by atoms with Crippen LogP contribution < -0.4 is 0 Å². The molecule has 3 fully saturated rings. The van der Waals surface area contributed by atoms with Crippen LogP contribution in [0.1, 0.15) is 53.9 Å². The topological polar surface area (TPSA) is 0 Å². The van der Waals surface area contributed by atoms with Crippen LogP contribution in [0.5, 0.6) is 0 Å². The quantitative estimate of drug-likeness (QED) is 0.649. The summed E-state index contributed by atoms with van der Waals surface area (Å²) in [7, 11) is 0. The Morgan fingerprint density at radius 1 is 1.25 bits per heavy atom. The standard InChI is InChI=1S/C16H28/c1-6-16(8-10(16)4)15-11(5)14(15)13-7-12(13)9(2)3/h9-15H,6-8H2,1-5H3. The molecular weight excluding hydrogens is 192 g/mol. The van der Waals surface area contributed by atoms with Crippen LogP contribution in [0, 0.1) is 46.8 Å². The van der Waals surface area contributed by atoms with Gasteiger partial charge in [-0.1, -0.05) is 34.6 Å². The van der Waals surface area contributed by atoms with E-state index in [1.165, 1.54) is 12.8 Å². The van der Waals surface area contributed by atoms with Crippen LogP contribution >= 0.6 is 0 Å². The lowest BCUT2D eigenvalue weighted by molar-refractivity contribution is 0.342. The van der Waals surface area contributed by atoms with Crippen molar-refractivity contribution in [3.05, 3.63) is 0 Å². The number of hydrogen-bond acceptors (Lipinski definition) is 0. The molecule has 3 saturated carbocycles. The number of hydrogen-bond donors (Lipinski definition) is 0. The van der Waals surface area contributed by atoms with E-state index >= 15 is 0 Å². The Bertz CT molecular complexity index is 288. The third-order valence-electron chi connectivity index (χ3n) is 6.52. The first-order valence-electron chi connectivity index (χ1n) is 7.53. The maximum atomic E-state index is 2.54. The fourth-order valence-corrected chi connectivity index (χ4v) is 5.21. The van der Waals surface area contributed by atoms with Crippen molar-refractivity contribution in [3.8, 4) is 0 Å². The molecule has 0 bridgehead atoms. The molecular formula is C16H28. The average Bonchev–Trinajstić information content (AvgIpc) is 3.04. The molecule has 7 unspecified atom stereocenters. The largest absolute Gasteiger partial charge is 0.0648 e. The lowest BCUT2D eigenvalue weighted by Gasteiger charge is -2.14. The highest BCUT2D eigenvalue weighted by Crippen LogP contribution is 2.76. The predicted molar refractivity (Wildman–Crippen MR) is 69.1 cm³/mol. The van der Waals surface area contributed by atoms with Crippen molar-refractivity contribution < 1.29 is 0 Å². The molecule has 0 amide bonds. The monoisotopic (exact) mass is 220 g/mol. The van der Waals surface area contributed by atoms with Crippen molar-refractivity contribution in [3.63, 3.8) is 0 Å². The van der Waals surface area contributed by atoms with Crippen LogP contribution in [0.25, 0.3) is 0 Å². The molecule has 0 spiro atoms. The molecule has 16 heavy (non-hydrogen) atoms. The highest BCUT2D eigenvalue weighted by Gasteiger charge is 2.70. The van der Waals surface area contributed by atoms with Crippen LogP contribution in [0.15, 0.2) is 0 Å². The van der Waals surface area contributed by atoms with E-state index in [1.807, 2.05) is 0 Å². The zero-order valence-electron chi connectivity index (χ0n) is 11.7. The number of rotatable bonds is 4. The first-order chi connectivity index (χ1) is 7.53. The summed E-state index contributed by atoms with van der Waals surface area (Å²) >= 11 is 0. The van der Waals surface area contributed by atoms with Gasteiger partial charge in [-0.3, -0.25) is 0 Å². The third kappa shape index (κ3) is 1.34. The molecule has 0 aromatic heterocycles. The summed E-state index contributed by atoms with van der Waals surface area (Å²) in [5, 5.41) is 0. The summed E-state index contributed by atoms with van der Waals surface area (Å²) in [6.07, 6.45) is 4.53. The Morgan fingerprint density at radius 2 is 1.88 bits per heavy atom. The molecule has 3 aliphatic carbocycles. The van der Waals surface area contributed by atoms with E-state index in [1.54, 1.807) is 6.42 Å². The van der Waals surface area contributed by atoms with Crippen molar-refractivity contribution >= 4 is 0 Å². The fourth-order valence-electron chi connectivity index (χ4n) is 5.21. The van der Waals surface area contributed by atoms with Crippen LogP contribution in [-0.2, 0) is 0 Å². The second kappa shape index (κ2) is 3.27. The first-order valence-corrected chi connectivity index (χ1v) is 7.53. The minimum Gasteiger partial charge on any atom is -0.0648 e. The van der Waals surface area contributed by atoms with Crippen LogP contribution in [0.4, 0.5) is 0 Å². The van der Waals surface area contributed by atoms with Gasteiger partial charge in [0, 0.05) is 0 Å². The van der Waals surface area contributed by atoms with Gasteiger partial charge in [-0.2, -0.15) is 0 Å². The molecule has 0 heteroatoms. The predicted octanol–water partition coefficient (Wildman–Crippen LogP) is 4.60. The van der Waals surface area contributed by atoms with Crippen molar-refractivity contribution in [1.82, 2.24) is 0 Å². The van der Waals surface area contributed by atoms with E-state index in [0.717, 1.165) is 46.8 Å². The highest BCUT2D eigenvalue weighted by atomic mass is 14.7. The average molecular weight is 220 g/mol. The molecule has 0 heterocycles. The van der Waals surface area contributed by atoms with Gasteiger partial charge in [-0.05, 0) is 66.1 Å². The second-order valence-electron chi connectivity index (χ2n) is 7.46. The molecule has 0 aromatic carbocycles. The van der Waals surface area contributed by atoms with Gasteiger partial charge in [-0.15, -0.1) is 0 Å². The SMILES string of the molecule is CCC1(C2C(C)C2C2CC2C(C)C)CC1C. The molecule has 0 saturated heterocycles. The van der Waals surface area contributed by atoms with Gasteiger partial charge in [0.25, 0.3) is 0 Å². The summed E-state index contributed by atoms with van der Waals surface area (Å²) in [4.78, 5) is 0. The van der Waals surface area contributed by atoms with E-state index in [9.17, 15) is 0 Å². The van der Waals surface area contributed by atoms with Crippen molar-refractivity contribution in [2.75, 3.05) is 0 Å². The summed E-state index contributed by atoms with van der Waals surface area (Å²) in [5.41, 5.74) is 0.800. The smallest absolute Gasteiger partial charge is 0.0238 e. The Kier molecular flexibility index (Phi) is 2.27. The van der Waals surface area contributed by atoms with Crippen LogP contribution in [0.3, 0.4) is 0 Å². The molecule has 92 valence electrons. The van der Waals surface area contributed by atoms with Crippen LogP contribution in [0.2, 0.25) is 0 Å². The summed E-state index contributed by atoms with van der Waals surface area (Å²) in [5.74, 6) is 7.47.